The predicted molar refractivity (Wildman–Crippen MR) is 257 cm³/mol. The first-order chi connectivity index (χ1) is 30.2. The fourth-order valence-electron chi connectivity index (χ4n) is 9.31. The molecule has 0 atom stereocenters. The van der Waals surface area contributed by atoms with Crippen molar-refractivity contribution in [3.63, 3.8) is 0 Å². The number of fused-ring (bicyclic) bond motifs is 8. The molecular formula is C58H38N2O. The van der Waals surface area contributed by atoms with Crippen molar-refractivity contribution in [1.29, 1.82) is 0 Å². The molecule has 0 fully saturated rings. The third kappa shape index (κ3) is 5.90. The van der Waals surface area contributed by atoms with E-state index in [-0.39, 0.29) is 0 Å². The molecule has 0 aliphatic carbocycles. The lowest BCUT2D eigenvalue weighted by Crippen LogP contribution is -2.11. The fourth-order valence-corrected chi connectivity index (χ4v) is 9.31. The number of hydrogen-bond acceptors (Lipinski definition) is 2. The van der Waals surface area contributed by atoms with Gasteiger partial charge >= 0.3 is 0 Å². The van der Waals surface area contributed by atoms with Crippen LogP contribution in [0.2, 0.25) is 0 Å². The van der Waals surface area contributed by atoms with Crippen molar-refractivity contribution in [3.05, 3.63) is 231 Å². The number of rotatable bonds is 7. The molecule has 2 aromatic heterocycles. The number of hydrogen-bond donors (Lipinski definition) is 0. The first-order valence-electron chi connectivity index (χ1n) is 20.8. The highest BCUT2D eigenvalue weighted by Gasteiger charge is 2.24. The van der Waals surface area contributed by atoms with Gasteiger partial charge in [0.15, 0.2) is 0 Å². The maximum Gasteiger partial charge on any atom is 0.138 e. The van der Waals surface area contributed by atoms with E-state index < -0.39 is 0 Å². The Hall–Kier alpha value is -8.14. The van der Waals surface area contributed by atoms with Crippen molar-refractivity contribution >= 4 is 71.6 Å². The van der Waals surface area contributed by atoms with E-state index in [1.165, 1.54) is 49.3 Å². The van der Waals surface area contributed by atoms with E-state index >= 15 is 0 Å². The maximum atomic E-state index is 6.94. The Balaban J connectivity index is 1.14. The molecule has 10 aromatic carbocycles. The molecule has 0 aliphatic rings. The van der Waals surface area contributed by atoms with Gasteiger partial charge in [-0.15, -0.1) is 0 Å². The summed E-state index contributed by atoms with van der Waals surface area (Å²) in [5.41, 5.74) is 15.3. The molecule has 0 bridgehead atoms. The molecule has 61 heavy (non-hydrogen) atoms. The summed E-state index contributed by atoms with van der Waals surface area (Å²) in [4.78, 5) is 2.42. The second-order valence-corrected chi connectivity index (χ2v) is 15.7. The topological polar surface area (TPSA) is 21.3 Å². The molecule has 0 aliphatic heterocycles. The van der Waals surface area contributed by atoms with Crippen molar-refractivity contribution in [2.24, 2.45) is 0 Å². The third-order valence-corrected chi connectivity index (χ3v) is 12.1. The summed E-state index contributed by atoms with van der Waals surface area (Å²) in [6.45, 7) is 0. The van der Waals surface area contributed by atoms with Gasteiger partial charge in [0.1, 0.15) is 11.2 Å². The third-order valence-electron chi connectivity index (χ3n) is 12.1. The fraction of sp³-hybridized carbons (Fsp3) is 0. The number of furan rings is 1. The lowest BCUT2D eigenvalue weighted by atomic mass is 9.97. The number of anilines is 3. The number of nitrogens with zero attached hydrogens (tertiary/aromatic N) is 2. The summed E-state index contributed by atoms with van der Waals surface area (Å²) in [6.07, 6.45) is 0. The van der Waals surface area contributed by atoms with E-state index in [2.05, 4.69) is 240 Å². The lowest BCUT2D eigenvalue weighted by Gasteiger charge is -2.28. The molecule has 3 nitrogen and oxygen atoms in total. The molecule has 0 saturated carbocycles. The molecule has 0 radical (unpaired) electrons. The van der Waals surface area contributed by atoms with Crippen molar-refractivity contribution in [2.45, 2.75) is 0 Å². The van der Waals surface area contributed by atoms with Crippen LogP contribution in [0.1, 0.15) is 0 Å². The van der Waals surface area contributed by atoms with Crippen LogP contribution in [0.4, 0.5) is 17.1 Å². The average Bonchev–Trinajstić information content (AvgIpc) is 3.89. The minimum absolute atomic E-state index is 0.843. The second kappa shape index (κ2) is 14.3. The van der Waals surface area contributed by atoms with Crippen LogP contribution in [-0.2, 0) is 0 Å². The number of para-hydroxylation sites is 2. The van der Waals surface area contributed by atoms with Gasteiger partial charge in [-0.3, -0.25) is 0 Å². The molecule has 0 saturated heterocycles. The largest absolute Gasteiger partial charge is 0.456 e. The molecule has 0 spiro atoms. The first kappa shape index (κ1) is 34.9. The smallest absolute Gasteiger partial charge is 0.138 e. The van der Waals surface area contributed by atoms with E-state index in [1.54, 1.807) is 0 Å². The van der Waals surface area contributed by atoms with Crippen molar-refractivity contribution in [2.75, 3.05) is 4.90 Å². The highest BCUT2D eigenvalue weighted by molar-refractivity contribution is 6.24. The van der Waals surface area contributed by atoms with E-state index in [0.29, 0.717) is 0 Å². The van der Waals surface area contributed by atoms with Gasteiger partial charge in [-0.2, -0.15) is 0 Å². The maximum absolute atomic E-state index is 6.94. The normalized spacial score (nSPS) is 11.6. The minimum Gasteiger partial charge on any atom is -0.456 e. The zero-order valence-corrected chi connectivity index (χ0v) is 33.2. The van der Waals surface area contributed by atoms with Crippen LogP contribution >= 0.6 is 0 Å². The van der Waals surface area contributed by atoms with Crippen LogP contribution < -0.4 is 4.90 Å². The van der Waals surface area contributed by atoms with Gasteiger partial charge in [0.2, 0.25) is 0 Å². The Bertz CT molecular complexity index is 3570. The lowest BCUT2D eigenvalue weighted by molar-refractivity contribution is 0.669. The second-order valence-electron chi connectivity index (χ2n) is 15.7. The first-order valence-corrected chi connectivity index (χ1v) is 20.8. The monoisotopic (exact) mass is 778 g/mol. The molecule has 3 heteroatoms. The van der Waals surface area contributed by atoms with Crippen LogP contribution in [0.25, 0.3) is 93.6 Å². The van der Waals surface area contributed by atoms with E-state index in [9.17, 15) is 0 Å². The minimum atomic E-state index is 0.843. The Labute approximate surface area is 353 Å². The van der Waals surface area contributed by atoms with Crippen molar-refractivity contribution < 1.29 is 4.42 Å². The van der Waals surface area contributed by atoms with Gasteiger partial charge in [0, 0.05) is 33.2 Å². The van der Waals surface area contributed by atoms with Crippen LogP contribution in [0, 0.1) is 0 Å². The number of benzene rings is 10. The summed E-state index contributed by atoms with van der Waals surface area (Å²) in [7, 11) is 0. The molecule has 0 N–H and O–H groups in total. The van der Waals surface area contributed by atoms with Gasteiger partial charge in [0.25, 0.3) is 0 Å². The summed E-state index contributed by atoms with van der Waals surface area (Å²) in [5.74, 6) is 0. The summed E-state index contributed by atoms with van der Waals surface area (Å²) in [6, 6.07) is 82.9. The van der Waals surface area contributed by atoms with E-state index in [0.717, 1.165) is 61.4 Å². The zero-order valence-electron chi connectivity index (χ0n) is 33.2. The average molecular weight is 779 g/mol. The molecule has 0 unspecified atom stereocenters. The van der Waals surface area contributed by atoms with Gasteiger partial charge in [0.05, 0.1) is 22.1 Å². The van der Waals surface area contributed by atoms with Crippen LogP contribution in [0.5, 0.6) is 0 Å². The van der Waals surface area contributed by atoms with Crippen molar-refractivity contribution in [3.8, 4) is 39.1 Å². The van der Waals surface area contributed by atoms with Crippen LogP contribution in [0.15, 0.2) is 235 Å². The Morgan fingerprint density at radius 2 is 0.934 bits per heavy atom. The Morgan fingerprint density at radius 3 is 1.72 bits per heavy atom. The van der Waals surface area contributed by atoms with E-state index in [1.807, 2.05) is 0 Å². The van der Waals surface area contributed by atoms with Crippen LogP contribution in [0.3, 0.4) is 0 Å². The van der Waals surface area contributed by atoms with Gasteiger partial charge in [-0.1, -0.05) is 158 Å². The highest BCUT2D eigenvalue weighted by atomic mass is 16.3. The standard InChI is InChI=1S/C58H38N2O/c1-4-15-39(16-5-1)41-27-31-47(32-28-41)59(48-23-14-20-43(35-48)40-17-6-2-7-18-40)54-37-45(38-56-58(54)57-49-24-11-10-19-42(49)30-34-55(57)61-56)44-29-33-53-51(36-44)50-25-12-13-26-52(50)60(53)46-21-8-3-9-22-46/h1-38H. The molecule has 12 aromatic rings. The summed E-state index contributed by atoms with van der Waals surface area (Å²) < 4.78 is 9.31. The quantitative estimate of drug-likeness (QED) is 0.161. The molecule has 286 valence electrons. The zero-order chi connectivity index (χ0) is 40.3. The molecule has 2 heterocycles. The van der Waals surface area contributed by atoms with Gasteiger partial charge in [-0.25, -0.2) is 0 Å². The van der Waals surface area contributed by atoms with Crippen LogP contribution in [-0.4, -0.2) is 4.57 Å². The molecule has 12 rings (SSSR count). The SMILES string of the molecule is c1ccc(-c2ccc(N(c3cccc(-c4ccccc4)c3)c3cc(-c4ccc5c(c4)c4ccccc4n5-c4ccccc4)cc4oc5ccc6ccccc6c5c34)cc2)cc1. The summed E-state index contributed by atoms with van der Waals surface area (Å²) in [5, 5.41) is 6.96. The highest BCUT2D eigenvalue weighted by Crippen LogP contribution is 2.48. The molecular weight excluding hydrogens is 741 g/mol. The van der Waals surface area contributed by atoms with E-state index in [4.69, 9.17) is 4.42 Å². The Morgan fingerprint density at radius 1 is 0.328 bits per heavy atom. The number of aromatic nitrogens is 1. The van der Waals surface area contributed by atoms with Gasteiger partial charge < -0.3 is 13.9 Å². The molecule has 0 amide bonds. The van der Waals surface area contributed by atoms with Gasteiger partial charge in [-0.05, 0) is 117 Å². The Kier molecular flexibility index (Phi) is 8.17. The summed E-state index contributed by atoms with van der Waals surface area (Å²) >= 11 is 0. The van der Waals surface area contributed by atoms with Crippen molar-refractivity contribution in [1.82, 2.24) is 4.57 Å². The predicted octanol–water partition coefficient (Wildman–Crippen LogP) is 16.3.